The molecule has 1 aromatic carbocycles. The van der Waals surface area contributed by atoms with Crippen LogP contribution in [0.3, 0.4) is 0 Å². The normalized spacial score (nSPS) is 18.5. The number of hydrogen-bond donors (Lipinski definition) is 0. The number of fused-ring (bicyclic) bond motifs is 1. The number of benzene rings is 1. The number of allylic oxidation sites excluding steroid dienone is 3. The summed E-state index contributed by atoms with van der Waals surface area (Å²) in [5.41, 5.74) is 4.02. The lowest BCUT2D eigenvalue weighted by molar-refractivity contribution is -0.135. The van der Waals surface area contributed by atoms with Crippen molar-refractivity contribution >= 4 is 17.6 Å². The molecule has 0 saturated heterocycles. The topological polar surface area (TPSA) is 68.2 Å². The lowest BCUT2D eigenvalue weighted by Crippen LogP contribution is -2.33. The lowest BCUT2D eigenvalue weighted by atomic mass is 9.95. The first-order chi connectivity index (χ1) is 15.0. The van der Waals surface area contributed by atoms with Crippen LogP contribution in [0.2, 0.25) is 0 Å². The number of cyclic esters (lactones) is 1. The molecule has 1 aliphatic heterocycles. The molecule has 1 amide bonds. The van der Waals surface area contributed by atoms with E-state index in [1.807, 2.05) is 58.1 Å². The predicted octanol–water partition coefficient (Wildman–Crippen LogP) is 4.54. The van der Waals surface area contributed by atoms with Crippen molar-refractivity contribution in [1.29, 1.82) is 0 Å². The van der Waals surface area contributed by atoms with Gasteiger partial charge in [-0.05, 0) is 64.2 Å². The van der Waals surface area contributed by atoms with Crippen LogP contribution in [0.4, 0.5) is 0 Å². The van der Waals surface area contributed by atoms with E-state index in [2.05, 4.69) is 11.2 Å². The number of ether oxygens (including phenoxy) is 1. The summed E-state index contributed by atoms with van der Waals surface area (Å²) in [5.74, 6) is -0.418. The molecule has 6 nitrogen and oxygen atoms in total. The molecule has 0 fully saturated rings. The summed E-state index contributed by atoms with van der Waals surface area (Å²) in [4.78, 5) is 32.1. The summed E-state index contributed by atoms with van der Waals surface area (Å²) in [5, 5.41) is 4.24. The highest BCUT2D eigenvalue weighted by molar-refractivity contribution is 6.00. The zero-order chi connectivity index (χ0) is 22.6. The molecule has 1 aliphatic rings. The summed E-state index contributed by atoms with van der Waals surface area (Å²) in [6.45, 7) is 9.31. The molecule has 0 saturated carbocycles. The first-order valence-electron chi connectivity index (χ1n) is 11.0. The second-order valence-corrected chi connectivity index (χ2v) is 7.59. The van der Waals surface area contributed by atoms with Crippen molar-refractivity contribution < 1.29 is 19.2 Å². The van der Waals surface area contributed by atoms with Crippen molar-refractivity contribution in [3.8, 4) is 0 Å². The summed E-state index contributed by atoms with van der Waals surface area (Å²) < 4.78 is 5.50. The number of carbonyl (C=O) groups is 2. The van der Waals surface area contributed by atoms with Gasteiger partial charge in [0.1, 0.15) is 0 Å². The Labute approximate surface area is 185 Å². The minimum Gasteiger partial charge on any atom is -0.462 e. The number of carbonyl (C=O) groups excluding carboxylic acids is 2. The number of aryl methyl sites for hydroxylation is 2. The second kappa shape index (κ2) is 12.7. The maximum Gasteiger partial charge on any atom is 0.338 e. The Balaban J connectivity index is 2.31. The van der Waals surface area contributed by atoms with Gasteiger partial charge in [0.25, 0.3) is 5.91 Å². The van der Waals surface area contributed by atoms with E-state index in [0.29, 0.717) is 43.8 Å². The Morgan fingerprint density at radius 3 is 2.55 bits per heavy atom. The standard InChI is InChI=1S/C25H34N2O4/c1-5-27(6-2)23(28)18-31-26-22-13-11-9-7-8-10-12-14-30-25(29)24-20(4)15-19(3)16-21(24)17-22/h8,10-11,13,15-16H,5-7,9,12,14,17-18H2,1-4H3/b10-8+,13-11+,26-22-. The zero-order valence-corrected chi connectivity index (χ0v) is 19.1. The summed E-state index contributed by atoms with van der Waals surface area (Å²) >= 11 is 0. The van der Waals surface area contributed by atoms with Gasteiger partial charge >= 0.3 is 5.97 Å². The number of likely N-dealkylation sites (N-methyl/N-ethyl adjacent to an activating group) is 1. The molecular weight excluding hydrogens is 392 g/mol. The maximum atomic E-state index is 12.8. The van der Waals surface area contributed by atoms with Gasteiger partial charge < -0.3 is 14.5 Å². The smallest absolute Gasteiger partial charge is 0.338 e. The minimum atomic E-state index is -0.320. The molecule has 0 atom stereocenters. The number of esters is 1. The molecule has 0 aliphatic carbocycles. The van der Waals surface area contributed by atoms with Crippen molar-refractivity contribution in [3.05, 3.63) is 58.7 Å². The van der Waals surface area contributed by atoms with Crippen LogP contribution in [0.15, 0.2) is 41.6 Å². The van der Waals surface area contributed by atoms with E-state index in [-0.39, 0.29) is 18.5 Å². The number of oxime groups is 1. The van der Waals surface area contributed by atoms with Crippen molar-refractivity contribution in [2.45, 2.75) is 53.4 Å². The fraction of sp³-hybridized carbons (Fsp3) is 0.480. The van der Waals surface area contributed by atoms with Crippen molar-refractivity contribution in [1.82, 2.24) is 4.90 Å². The summed E-state index contributed by atoms with van der Waals surface area (Å²) in [6.07, 6.45) is 11.0. The SMILES string of the molecule is CCN(CC)C(=O)CO/N=C1/C=C/CC/C=C/CCOC(=O)c2c(C)cc(C)cc2C1. The molecule has 168 valence electrons. The molecule has 0 radical (unpaired) electrons. The van der Waals surface area contributed by atoms with E-state index in [1.165, 1.54) is 0 Å². The van der Waals surface area contributed by atoms with E-state index in [9.17, 15) is 9.59 Å². The molecule has 1 aromatic rings. The first kappa shape index (κ1) is 24.4. The molecule has 1 heterocycles. The van der Waals surface area contributed by atoms with E-state index in [4.69, 9.17) is 9.57 Å². The molecule has 0 spiro atoms. The van der Waals surface area contributed by atoms with E-state index < -0.39 is 0 Å². The van der Waals surface area contributed by atoms with Gasteiger partial charge in [0.15, 0.2) is 6.61 Å². The molecule has 0 bridgehead atoms. The molecule has 6 heteroatoms. The summed E-state index contributed by atoms with van der Waals surface area (Å²) in [6, 6.07) is 3.97. The van der Waals surface area contributed by atoms with Gasteiger partial charge in [-0.2, -0.15) is 0 Å². The number of amides is 1. The van der Waals surface area contributed by atoms with Gasteiger partial charge in [-0.25, -0.2) is 4.79 Å². The largest absolute Gasteiger partial charge is 0.462 e. The number of hydrogen-bond acceptors (Lipinski definition) is 5. The third kappa shape index (κ3) is 7.70. The monoisotopic (exact) mass is 426 g/mol. The Morgan fingerprint density at radius 2 is 1.81 bits per heavy atom. The average molecular weight is 427 g/mol. The fourth-order valence-electron chi connectivity index (χ4n) is 3.58. The van der Waals surface area contributed by atoms with E-state index in [1.54, 1.807) is 4.90 Å². The third-order valence-electron chi connectivity index (χ3n) is 5.12. The number of nitrogens with zero attached hydrogens (tertiary/aromatic N) is 2. The fourth-order valence-corrected chi connectivity index (χ4v) is 3.58. The molecular formula is C25H34N2O4. The van der Waals surface area contributed by atoms with Crippen molar-refractivity contribution in [2.75, 3.05) is 26.3 Å². The van der Waals surface area contributed by atoms with Crippen LogP contribution in [0.5, 0.6) is 0 Å². The maximum absolute atomic E-state index is 12.8. The molecule has 2 rings (SSSR count). The summed E-state index contributed by atoms with van der Waals surface area (Å²) in [7, 11) is 0. The van der Waals surface area contributed by atoms with Gasteiger partial charge in [0.2, 0.25) is 0 Å². The van der Waals surface area contributed by atoms with Gasteiger partial charge in [0, 0.05) is 19.5 Å². The van der Waals surface area contributed by atoms with Gasteiger partial charge in [-0.15, -0.1) is 0 Å². The highest BCUT2D eigenvalue weighted by Gasteiger charge is 2.18. The van der Waals surface area contributed by atoms with Crippen molar-refractivity contribution in [3.63, 3.8) is 0 Å². The molecule has 0 aromatic heterocycles. The van der Waals surface area contributed by atoms with Crippen LogP contribution in [0.1, 0.15) is 60.2 Å². The van der Waals surface area contributed by atoms with E-state index >= 15 is 0 Å². The number of rotatable bonds is 5. The van der Waals surface area contributed by atoms with Crippen LogP contribution in [-0.4, -0.2) is 48.8 Å². The lowest BCUT2D eigenvalue weighted by Gasteiger charge is -2.17. The second-order valence-electron chi connectivity index (χ2n) is 7.59. The minimum absolute atomic E-state index is 0.0972. The Morgan fingerprint density at radius 1 is 1.10 bits per heavy atom. The quantitative estimate of drug-likeness (QED) is 0.394. The van der Waals surface area contributed by atoms with Gasteiger partial charge in [0.05, 0.1) is 17.9 Å². The Bertz CT molecular complexity index is 851. The van der Waals surface area contributed by atoms with Crippen LogP contribution >= 0.6 is 0 Å². The molecule has 31 heavy (non-hydrogen) atoms. The highest BCUT2D eigenvalue weighted by Crippen LogP contribution is 2.20. The Kier molecular flexibility index (Phi) is 10.0. The van der Waals surface area contributed by atoms with Crippen LogP contribution in [-0.2, 0) is 20.8 Å². The van der Waals surface area contributed by atoms with Crippen LogP contribution < -0.4 is 0 Å². The average Bonchev–Trinajstić information content (AvgIpc) is 2.72. The van der Waals surface area contributed by atoms with Crippen LogP contribution in [0, 0.1) is 13.8 Å². The molecule has 0 N–H and O–H groups in total. The van der Waals surface area contributed by atoms with E-state index in [0.717, 1.165) is 29.5 Å². The molecule has 0 unspecified atom stereocenters. The first-order valence-corrected chi connectivity index (χ1v) is 11.0. The predicted molar refractivity (Wildman–Crippen MR) is 123 cm³/mol. The third-order valence-corrected chi connectivity index (χ3v) is 5.12. The van der Waals surface area contributed by atoms with Gasteiger partial charge in [-0.1, -0.05) is 41.1 Å². The van der Waals surface area contributed by atoms with Gasteiger partial charge in [-0.3, -0.25) is 4.79 Å². The zero-order valence-electron chi connectivity index (χ0n) is 19.1. The Hall–Kier alpha value is -2.89. The highest BCUT2D eigenvalue weighted by atomic mass is 16.6. The van der Waals surface area contributed by atoms with Crippen LogP contribution in [0.25, 0.3) is 0 Å². The van der Waals surface area contributed by atoms with Crippen molar-refractivity contribution in [2.24, 2.45) is 5.16 Å².